The van der Waals surface area contributed by atoms with Crippen molar-refractivity contribution in [1.29, 1.82) is 0 Å². The van der Waals surface area contributed by atoms with Crippen LogP contribution in [0.25, 0.3) is 0 Å². The van der Waals surface area contributed by atoms with Crippen molar-refractivity contribution in [3.05, 3.63) is 45.5 Å². The Balaban J connectivity index is 1.83. The molecule has 0 aliphatic carbocycles. The molecule has 2 N–H and O–H groups in total. The van der Waals surface area contributed by atoms with Crippen LogP contribution >= 0.6 is 22.6 Å². The van der Waals surface area contributed by atoms with E-state index < -0.39 is 0 Å². The highest BCUT2D eigenvalue weighted by Crippen LogP contribution is 2.33. The first kappa shape index (κ1) is 25.4. The van der Waals surface area contributed by atoms with Gasteiger partial charge in [0.15, 0.2) is 11.5 Å². The Morgan fingerprint density at radius 1 is 0.938 bits per heavy atom. The second-order valence-electron chi connectivity index (χ2n) is 6.49. The number of ether oxygens (including phenoxy) is 3. The molecule has 0 unspecified atom stereocenters. The summed E-state index contributed by atoms with van der Waals surface area (Å²) in [6, 6.07) is 10.7. The summed E-state index contributed by atoms with van der Waals surface area (Å²) in [6.07, 6.45) is 1.59. The highest BCUT2D eigenvalue weighted by atomic mass is 127. The normalized spacial score (nSPS) is 10.6. The molecule has 0 bridgehead atoms. The molecular weight excluding hydrogens is 525 g/mol. The first-order valence-electron chi connectivity index (χ1n) is 10.4. The van der Waals surface area contributed by atoms with Crippen LogP contribution < -0.4 is 25.0 Å². The van der Waals surface area contributed by atoms with Crippen molar-refractivity contribution >= 4 is 46.3 Å². The zero-order chi connectivity index (χ0) is 23.3. The number of anilines is 1. The Labute approximate surface area is 201 Å². The Morgan fingerprint density at radius 2 is 1.59 bits per heavy atom. The summed E-state index contributed by atoms with van der Waals surface area (Å²) < 4.78 is 17.5. The van der Waals surface area contributed by atoms with Crippen LogP contribution in [0.2, 0.25) is 0 Å². The summed E-state index contributed by atoms with van der Waals surface area (Å²) in [6.45, 7) is 7.33. The molecule has 0 spiro atoms. The van der Waals surface area contributed by atoms with Gasteiger partial charge in [-0.3, -0.25) is 9.59 Å². The monoisotopic (exact) mass is 553 g/mol. The Hall–Kier alpha value is -2.82. The fraction of sp³-hybridized carbons (Fsp3) is 0.348. The molecule has 0 radical (unpaired) electrons. The van der Waals surface area contributed by atoms with Crippen LogP contribution in [0.15, 0.2) is 41.5 Å². The second-order valence-corrected chi connectivity index (χ2v) is 7.66. The van der Waals surface area contributed by atoms with Crippen molar-refractivity contribution in [2.45, 2.75) is 33.6 Å². The van der Waals surface area contributed by atoms with Crippen molar-refractivity contribution in [2.24, 2.45) is 5.10 Å². The number of rotatable bonds is 12. The Morgan fingerprint density at radius 3 is 2.25 bits per heavy atom. The van der Waals surface area contributed by atoms with Gasteiger partial charge in [-0.2, -0.15) is 5.10 Å². The Kier molecular flexibility index (Phi) is 10.8. The molecule has 0 aliphatic heterocycles. The van der Waals surface area contributed by atoms with E-state index in [0.717, 1.165) is 14.9 Å². The van der Waals surface area contributed by atoms with Crippen LogP contribution in [0, 0.1) is 3.57 Å². The van der Waals surface area contributed by atoms with Gasteiger partial charge in [0.05, 0.1) is 29.6 Å². The van der Waals surface area contributed by atoms with Gasteiger partial charge in [-0.05, 0) is 85.3 Å². The number of hydrogen-bond acceptors (Lipinski definition) is 6. The van der Waals surface area contributed by atoms with Gasteiger partial charge in [0, 0.05) is 18.5 Å². The number of hydrogen-bond donors (Lipinski definition) is 2. The minimum Gasteiger partial charge on any atom is -0.494 e. The lowest BCUT2D eigenvalue weighted by molar-refractivity contribution is -0.124. The van der Waals surface area contributed by atoms with Crippen LogP contribution in [0.1, 0.15) is 39.2 Å². The van der Waals surface area contributed by atoms with Gasteiger partial charge in [0.25, 0.3) is 0 Å². The third-order valence-electron chi connectivity index (χ3n) is 4.05. The molecule has 0 aromatic heterocycles. The van der Waals surface area contributed by atoms with Crippen LogP contribution in [0.5, 0.6) is 17.2 Å². The van der Waals surface area contributed by atoms with Crippen LogP contribution in [0.4, 0.5) is 5.69 Å². The van der Waals surface area contributed by atoms with Crippen LogP contribution in [0.3, 0.4) is 0 Å². The molecule has 0 aliphatic rings. The van der Waals surface area contributed by atoms with Crippen molar-refractivity contribution in [2.75, 3.05) is 25.1 Å². The highest BCUT2D eigenvalue weighted by molar-refractivity contribution is 14.1. The first-order chi connectivity index (χ1) is 15.5. The average molecular weight is 553 g/mol. The summed E-state index contributed by atoms with van der Waals surface area (Å²) in [7, 11) is 0. The van der Waals surface area contributed by atoms with E-state index in [4.69, 9.17) is 14.2 Å². The number of carbonyl (C=O) groups is 2. The van der Waals surface area contributed by atoms with Gasteiger partial charge in [-0.1, -0.05) is 0 Å². The maximum atomic E-state index is 12.1. The van der Waals surface area contributed by atoms with Gasteiger partial charge in [0.2, 0.25) is 11.8 Å². The first-order valence-corrected chi connectivity index (χ1v) is 11.5. The van der Waals surface area contributed by atoms with Crippen LogP contribution in [-0.4, -0.2) is 37.8 Å². The van der Waals surface area contributed by atoms with E-state index in [1.807, 2.05) is 26.8 Å². The molecule has 0 atom stereocenters. The lowest BCUT2D eigenvalue weighted by Crippen LogP contribution is -2.20. The third kappa shape index (κ3) is 8.37. The van der Waals surface area contributed by atoms with Gasteiger partial charge >= 0.3 is 0 Å². The standard InChI is InChI=1S/C23H28IN3O5/c1-4-30-18-9-7-17(8-10-18)26-21(28)11-12-22(29)27-25-15-16-13-19(24)23(32-6-3)20(14-16)31-5-2/h7-10,13-15H,4-6,11-12H2,1-3H3,(H,26,28)(H,27,29). The number of nitrogens with zero attached hydrogens (tertiary/aromatic N) is 1. The summed E-state index contributed by atoms with van der Waals surface area (Å²) >= 11 is 2.17. The highest BCUT2D eigenvalue weighted by Gasteiger charge is 2.11. The van der Waals surface area contributed by atoms with Gasteiger partial charge < -0.3 is 19.5 Å². The molecular formula is C23H28IN3O5. The zero-order valence-electron chi connectivity index (χ0n) is 18.4. The third-order valence-corrected chi connectivity index (χ3v) is 4.85. The van der Waals surface area contributed by atoms with E-state index in [9.17, 15) is 9.59 Å². The van der Waals surface area contributed by atoms with E-state index in [0.29, 0.717) is 37.0 Å². The number of benzene rings is 2. The minimum atomic E-state index is -0.353. The summed E-state index contributed by atoms with van der Waals surface area (Å²) in [5.74, 6) is 1.44. The van der Waals surface area contributed by atoms with Gasteiger partial charge in [0.1, 0.15) is 5.75 Å². The quantitative estimate of drug-likeness (QED) is 0.231. The molecule has 0 saturated heterocycles. The van der Waals surface area contributed by atoms with Gasteiger partial charge in [-0.15, -0.1) is 0 Å². The predicted octanol–water partition coefficient (Wildman–Crippen LogP) is 4.36. The molecule has 2 aromatic carbocycles. The number of nitrogens with one attached hydrogen (secondary N) is 2. The van der Waals surface area contributed by atoms with Crippen molar-refractivity contribution in [3.8, 4) is 17.2 Å². The molecule has 2 amide bonds. The van der Waals surface area contributed by atoms with E-state index in [2.05, 4.69) is 38.4 Å². The average Bonchev–Trinajstić information content (AvgIpc) is 2.76. The fourth-order valence-corrected chi connectivity index (χ4v) is 3.48. The molecule has 32 heavy (non-hydrogen) atoms. The summed E-state index contributed by atoms with van der Waals surface area (Å²) in [5, 5.41) is 6.73. The second kappa shape index (κ2) is 13.6. The molecule has 9 heteroatoms. The molecule has 8 nitrogen and oxygen atoms in total. The molecule has 2 rings (SSSR count). The molecule has 0 heterocycles. The Bertz CT molecular complexity index is 932. The van der Waals surface area contributed by atoms with Crippen LogP contribution in [-0.2, 0) is 9.59 Å². The van der Waals surface area contributed by atoms with Crippen molar-refractivity contribution < 1.29 is 23.8 Å². The molecule has 2 aromatic rings. The lowest BCUT2D eigenvalue weighted by atomic mass is 10.2. The number of halogens is 1. The predicted molar refractivity (Wildman–Crippen MR) is 133 cm³/mol. The summed E-state index contributed by atoms with van der Waals surface area (Å²) in [5.41, 5.74) is 3.85. The smallest absolute Gasteiger partial charge is 0.240 e. The van der Waals surface area contributed by atoms with E-state index >= 15 is 0 Å². The summed E-state index contributed by atoms with van der Waals surface area (Å²) in [4.78, 5) is 24.1. The SMILES string of the molecule is CCOc1ccc(NC(=O)CCC(=O)NN=Cc2cc(I)c(OCC)c(OCC)c2)cc1. The molecule has 0 saturated carbocycles. The zero-order valence-corrected chi connectivity index (χ0v) is 20.6. The number of carbonyl (C=O) groups excluding carboxylic acids is 2. The topological polar surface area (TPSA) is 98.2 Å². The van der Waals surface area contributed by atoms with Crippen molar-refractivity contribution in [1.82, 2.24) is 5.43 Å². The number of amides is 2. The maximum Gasteiger partial charge on any atom is 0.240 e. The molecule has 0 fully saturated rings. The largest absolute Gasteiger partial charge is 0.494 e. The maximum absolute atomic E-state index is 12.1. The van der Waals surface area contributed by atoms with E-state index in [1.54, 1.807) is 30.3 Å². The number of hydrazone groups is 1. The minimum absolute atomic E-state index is 0.0191. The van der Waals surface area contributed by atoms with E-state index in [-0.39, 0.29) is 24.7 Å². The van der Waals surface area contributed by atoms with E-state index in [1.165, 1.54) is 6.21 Å². The van der Waals surface area contributed by atoms with Gasteiger partial charge in [-0.25, -0.2) is 5.43 Å². The van der Waals surface area contributed by atoms with Crippen molar-refractivity contribution in [3.63, 3.8) is 0 Å². The fourth-order valence-electron chi connectivity index (χ4n) is 2.70. The lowest BCUT2D eigenvalue weighted by Gasteiger charge is -2.13. The molecule has 172 valence electrons.